The van der Waals surface area contributed by atoms with Crippen molar-refractivity contribution in [2.24, 2.45) is 11.8 Å². The molecule has 6 heteroatoms. The van der Waals surface area contributed by atoms with Gasteiger partial charge in [0.15, 0.2) is 0 Å². The van der Waals surface area contributed by atoms with E-state index < -0.39 is 12.0 Å². The van der Waals surface area contributed by atoms with E-state index in [1.165, 1.54) is 11.5 Å². The minimum absolute atomic E-state index is 0.133. The SMILES string of the molecule is Cc1nscc1C(=O)N1C[C@@H]2CCC[C@H]2[C@@H]1C(=O)O. The van der Waals surface area contributed by atoms with Crippen LogP contribution in [-0.2, 0) is 4.79 Å². The van der Waals surface area contributed by atoms with Gasteiger partial charge in [-0.1, -0.05) is 6.42 Å². The average molecular weight is 280 g/mol. The fraction of sp³-hybridized carbons (Fsp3) is 0.615. The normalized spacial score (nSPS) is 29.5. The Hall–Kier alpha value is -1.43. The highest BCUT2D eigenvalue weighted by Crippen LogP contribution is 2.42. The number of carbonyl (C=O) groups is 2. The molecule has 0 aromatic carbocycles. The predicted molar refractivity (Wildman–Crippen MR) is 70.1 cm³/mol. The second-order valence-corrected chi connectivity index (χ2v) is 6.04. The zero-order chi connectivity index (χ0) is 13.6. The summed E-state index contributed by atoms with van der Waals surface area (Å²) in [6.07, 6.45) is 3.05. The Morgan fingerprint density at radius 1 is 1.47 bits per heavy atom. The molecule has 1 aromatic heterocycles. The van der Waals surface area contributed by atoms with Gasteiger partial charge in [0.25, 0.3) is 5.91 Å². The van der Waals surface area contributed by atoms with Gasteiger partial charge >= 0.3 is 5.97 Å². The maximum absolute atomic E-state index is 12.5. The first kappa shape index (κ1) is 12.6. The van der Waals surface area contributed by atoms with Crippen LogP contribution in [0.3, 0.4) is 0 Å². The third-order valence-electron chi connectivity index (χ3n) is 4.38. The third-order valence-corrected chi connectivity index (χ3v) is 5.11. The largest absolute Gasteiger partial charge is 0.480 e. The van der Waals surface area contributed by atoms with Gasteiger partial charge in [0.2, 0.25) is 0 Å². The average Bonchev–Trinajstić information content (AvgIpc) is 3.00. The number of fused-ring (bicyclic) bond motifs is 1. The fourth-order valence-electron chi connectivity index (χ4n) is 3.48. The number of carbonyl (C=O) groups excluding carboxylic acids is 1. The summed E-state index contributed by atoms with van der Waals surface area (Å²) in [5, 5.41) is 11.2. The van der Waals surface area contributed by atoms with Gasteiger partial charge in [0.1, 0.15) is 6.04 Å². The van der Waals surface area contributed by atoms with Crippen molar-refractivity contribution in [3.8, 4) is 0 Å². The molecule has 1 saturated heterocycles. The highest BCUT2D eigenvalue weighted by Gasteiger charge is 2.49. The van der Waals surface area contributed by atoms with Crippen LogP contribution in [0.4, 0.5) is 0 Å². The highest BCUT2D eigenvalue weighted by atomic mass is 32.1. The predicted octanol–water partition coefficient (Wildman–Crippen LogP) is 1.78. The molecule has 19 heavy (non-hydrogen) atoms. The number of hydrogen-bond donors (Lipinski definition) is 1. The van der Waals surface area contributed by atoms with Gasteiger partial charge in [-0.25, -0.2) is 4.79 Å². The molecular weight excluding hydrogens is 264 g/mol. The van der Waals surface area contributed by atoms with E-state index in [0.29, 0.717) is 23.7 Å². The molecule has 102 valence electrons. The molecule has 0 bridgehead atoms. The van der Waals surface area contributed by atoms with Crippen molar-refractivity contribution in [2.75, 3.05) is 6.54 Å². The first-order valence-electron chi connectivity index (χ1n) is 6.54. The lowest BCUT2D eigenvalue weighted by Crippen LogP contribution is -2.43. The molecular formula is C13H16N2O3S. The fourth-order valence-corrected chi connectivity index (χ4v) is 4.17. The molecule has 3 atom stereocenters. The number of hydrogen-bond acceptors (Lipinski definition) is 4. The van der Waals surface area contributed by atoms with Crippen LogP contribution >= 0.6 is 11.5 Å². The van der Waals surface area contributed by atoms with Gasteiger partial charge in [-0.05, 0) is 43.1 Å². The maximum Gasteiger partial charge on any atom is 0.326 e. The number of nitrogens with zero attached hydrogens (tertiary/aromatic N) is 2. The van der Waals surface area contributed by atoms with Gasteiger partial charge in [0.05, 0.1) is 11.3 Å². The van der Waals surface area contributed by atoms with Crippen molar-refractivity contribution in [3.05, 3.63) is 16.6 Å². The Bertz CT molecular complexity index is 528. The van der Waals surface area contributed by atoms with E-state index in [9.17, 15) is 14.7 Å². The van der Waals surface area contributed by atoms with Crippen LogP contribution in [0.25, 0.3) is 0 Å². The van der Waals surface area contributed by atoms with E-state index >= 15 is 0 Å². The van der Waals surface area contributed by atoms with Crippen LogP contribution < -0.4 is 0 Å². The molecule has 1 aliphatic carbocycles. The summed E-state index contributed by atoms with van der Waals surface area (Å²) in [5.41, 5.74) is 1.24. The van der Waals surface area contributed by atoms with E-state index in [4.69, 9.17) is 0 Å². The summed E-state index contributed by atoms with van der Waals surface area (Å²) in [6, 6.07) is -0.653. The van der Waals surface area contributed by atoms with E-state index in [1.807, 2.05) is 0 Å². The summed E-state index contributed by atoms with van der Waals surface area (Å²) in [7, 11) is 0. The Morgan fingerprint density at radius 3 is 2.89 bits per heavy atom. The summed E-state index contributed by atoms with van der Waals surface area (Å²) in [6.45, 7) is 2.37. The molecule has 1 N–H and O–H groups in total. The molecule has 3 rings (SSSR count). The Kier molecular flexibility index (Phi) is 3.05. The molecule has 2 aliphatic rings. The number of carboxylic acids is 1. The lowest BCUT2D eigenvalue weighted by atomic mass is 9.94. The number of aryl methyl sites for hydroxylation is 1. The smallest absolute Gasteiger partial charge is 0.326 e. The lowest BCUT2D eigenvalue weighted by molar-refractivity contribution is -0.142. The molecule has 2 heterocycles. The van der Waals surface area contributed by atoms with Crippen molar-refractivity contribution in [3.63, 3.8) is 0 Å². The van der Waals surface area contributed by atoms with Gasteiger partial charge in [0, 0.05) is 11.9 Å². The van der Waals surface area contributed by atoms with Crippen LogP contribution in [0.2, 0.25) is 0 Å². The van der Waals surface area contributed by atoms with E-state index in [1.54, 1.807) is 17.2 Å². The van der Waals surface area contributed by atoms with E-state index in [0.717, 1.165) is 19.3 Å². The molecule has 1 saturated carbocycles. The standard InChI is InChI=1S/C13H16N2O3S/c1-7-10(6-19-14-7)12(16)15-5-8-3-2-4-9(8)11(15)13(17)18/h6,8-9,11H,2-5H2,1H3,(H,17,18)/t8-,9+,11+/m0/s1. The summed E-state index contributed by atoms with van der Waals surface area (Å²) in [4.78, 5) is 25.6. The third kappa shape index (κ3) is 1.94. The molecule has 0 unspecified atom stereocenters. The Balaban J connectivity index is 1.90. The van der Waals surface area contributed by atoms with Crippen molar-refractivity contribution >= 4 is 23.4 Å². The van der Waals surface area contributed by atoms with E-state index in [-0.39, 0.29) is 11.8 Å². The number of aromatic nitrogens is 1. The molecule has 1 amide bonds. The first-order valence-corrected chi connectivity index (χ1v) is 7.38. The van der Waals surface area contributed by atoms with Gasteiger partial charge in [-0.2, -0.15) is 4.37 Å². The topological polar surface area (TPSA) is 70.5 Å². The van der Waals surface area contributed by atoms with Crippen molar-refractivity contribution in [1.82, 2.24) is 9.27 Å². The summed E-state index contributed by atoms with van der Waals surface area (Å²) >= 11 is 1.24. The number of carboxylic acid groups (broad SMARTS) is 1. The summed E-state index contributed by atoms with van der Waals surface area (Å²) in [5.74, 6) is -0.554. The monoisotopic (exact) mass is 280 g/mol. The van der Waals surface area contributed by atoms with Gasteiger partial charge in [-0.15, -0.1) is 0 Å². The van der Waals surface area contributed by atoms with Crippen LogP contribution in [0.5, 0.6) is 0 Å². The minimum Gasteiger partial charge on any atom is -0.480 e. The number of aliphatic carboxylic acids is 1. The Morgan fingerprint density at radius 2 is 2.26 bits per heavy atom. The molecule has 5 nitrogen and oxygen atoms in total. The molecule has 2 fully saturated rings. The molecule has 1 aliphatic heterocycles. The number of rotatable bonds is 2. The second-order valence-electron chi connectivity index (χ2n) is 5.41. The first-order chi connectivity index (χ1) is 9.09. The zero-order valence-electron chi connectivity index (χ0n) is 10.7. The number of likely N-dealkylation sites (tertiary alicyclic amines) is 1. The maximum atomic E-state index is 12.5. The second kappa shape index (κ2) is 4.59. The molecule has 0 radical (unpaired) electrons. The van der Waals surface area contributed by atoms with Crippen LogP contribution in [0.15, 0.2) is 5.38 Å². The minimum atomic E-state index is -0.872. The molecule has 1 aromatic rings. The highest BCUT2D eigenvalue weighted by molar-refractivity contribution is 7.03. The molecule has 0 spiro atoms. The van der Waals surface area contributed by atoms with Crippen LogP contribution in [-0.4, -0.2) is 38.8 Å². The van der Waals surface area contributed by atoms with Crippen molar-refractivity contribution < 1.29 is 14.7 Å². The quantitative estimate of drug-likeness (QED) is 0.896. The lowest BCUT2D eigenvalue weighted by Gasteiger charge is -2.24. The van der Waals surface area contributed by atoms with Crippen LogP contribution in [0, 0.1) is 18.8 Å². The van der Waals surface area contributed by atoms with Gasteiger partial charge in [-0.3, -0.25) is 4.79 Å². The summed E-state index contributed by atoms with van der Waals surface area (Å²) < 4.78 is 4.10. The van der Waals surface area contributed by atoms with Crippen molar-refractivity contribution in [1.29, 1.82) is 0 Å². The van der Waals surface area contributed by atoms with Crippen molar-refractivity contribution in [2.45, 2.75) is 32.2 Å². The van der Waals surface area contributed by atoms with Gasteiger partial charge < -0.3 is 10.0 Å². The number of amides is 1. The van der Waals surface area contributed by atoms with Crippen LogP contribution in [0.1, 0.15) is 35.3 Å². The Labute approximate surface area is 115 Å². The zero-order valence-corrected chi connectivity index (χ0v) is 11.5. The van der Waals surface area contributed by atoms with E-state index in [2.05, 4.69) is 4.37 Å².